The van der Waals surface area contributed by atoms with Crippen LogP contribution >= 0.6 is 0 Å². The van der Waals surface area contributed by atoms with E-state index in [0.717, 1.165) is 54.2 Å². The van der Waals surface area contributed by atoms with Gasteiger partial charge in [0, 0.05) is 31.1 Å². The van der Waals surface area contributed by atoms with E-state index in [-0.39, 0.29) is 0 Å². The molecule has 4 aromatic rings. The minimum Gasteiger partial charge on any atom is -0.353 e. The Morgan fingerprint density at radius 2 is 1.88 bits per heavy atom. The number of aryl methyl sites for hydroxylation is 1. The second-order valence-corrected chi connectivity index (χ2v) is 9.27. The highest BCUT2D eigenvalue weighted by atomic mass is 15.3. The number of fused-ring (bicyclic) bond motifs is 3. The topological polar surface area (TPSA) is 58.9 Å². The second-order valence-electron chi connectivity index (χ2n) is 9.27. The molecule has 1 aliphatic heterocycles. The molecule has 0 aliphatic carbocycles. The Morgan fingerprint density at radius 3 is 2.73 bits per heavy atom. The summed E-state index contributed by atoms with van der Waals surface area (Å²) >= 11 is 0. The standard InChI is InChI=1S/C27H34N6/c1-3-22-9-6-7-17-32(22)18-8-16-28-27-29-26-25(30-31-27)23-10-4-5-11-24(23)33(26)19-21-14-12-20(2)13-15-21/h4-5,10-15,22H,3,6-9,16-19H2,1-2H3,(H,28,29,31)/t22-/m0/s1. The molecule has 0 unspecified atom stereocenters. The molecule has 0 amide bonds. The second kappa shape index (κ2) is 9.87. The number of aromatic nitrogens is 4. The zero-order chi connectivity index (χ0) is 22.6. The number of nitrogens with zero attached hydrogens (tertiary/aromatic N) is 5. The first-order chi connectivity index (χ1) is 16.2. The van der Waals surface area contributed by atoms with Crippen molar-refractivity contribution in [2.45, 2.75) is 58.5 Å². The molecular weight excluding hydrogens is 408 g/mol. The van der Waals surface area contributed by atoms with Gasteiger partial charge < -0.3 is 14.8 Å². The van der Waals surface area contributed by atoms with Crippen molar-refractivity contribution >= 4 is 28.0 Å². The van der Waals surface area contributed by atoms with Crippen molar-refractivity contribution in [2.75, 3.05) is 25.0 Å². The fourth-order valence-corrected chi connectivity index (χ4v) is 5.11. The maximum atomic E-state index is 4.91. The van der Waals surface area contributed by atoms with E-state index in [1.807, 2.05) is 0 Å². The Balaban J connectivity index is 1.34. The highest BCUT2D eigenvalue weighted by Gasteiger charge is 2.20. The monoisotopic (exact) mass is 442 g/mol. The van der Waals surface area contributed by atoms with Gasteiger partial charge in [-0.05, 0) is 50.8 Å². The smallest absolute Gasteiger partial charge is 0.244 e. The van der Waals surface area contributed by atoms with Crippen LogP contribution < -0.4 is 5.32 Å². The summed E-state index contributed by atoms with van der Waals surface area (Å²) in [5.74, 6) is 0.612. The molecule has 1 saturated heterocycles. The molecule has 0 spiro atoms. The molecule has 2 aromatic carbocycles. The van der Waals surface area contributed by atoms with Crippen molar-refractivity contribution in [1.29, 1.82) is 0 Å². The summed E-state index contributed by atoms with van der Waals surface area (Å²) in [6, 6.07) is 17.8. The number of benzene rings is 2. The molecular formula is C27H34N6. The Hall–Kier alpha value is -2.99. The van der Waals surface area contributed by atoms with E-state index >= 15 is 0 Å². The third-order valence-corrected chi connectivity index (χ3v) is 6.96. The van der Waals surface area contributed by atoms with Crippen molar-refractivity contribution in [3.63, 3.8) is 0 Å². The first kappa shape index (κ1) is 21.8. The number of para-hydroxylation sites is 1. The van der Waals surface area contributed by atoms with Gasteiger partial charge >= 0.3 is 0 Å². The van der Waals surface area contributed by atoms with Crippen LogP contribution in [0.1, 0.15) is 50.2 Å². The van der Waals surface area contributed by atoms with E-state index in [4.69, 9.17) is 4.98 Å². The zero-order valence-corrected chi connectivity index (χ0v) is 19.8. The van der Waals surface area contributed by atoms with Crippen molar-refractivity contribution < 1.29 is 0 Å². The highest BCUT2D eigenvalue weighted by molar-refractivity contribution is 6.04. The van der Waals surface area contributed by atoms with Crippen molar-refractivity contribution in [3.8, 4) is 0 Å². The molecule has 172 valence electrons. The van der Waals surface area contributed by atoms with E-state index in [1.54, 1.807) is 0 Å². The lowest BCUT2D eigenvalue weighted by molar-refractivity contribution is 0.144. The molecule has 0 bridgehead atoms. The van der Waals surface area contributed by atoms with Crippen molar-refractivity contribution in [1.82, 2.24) is 24.6 Å². The minimum atomic E-state index is 0.612. The van der Waals surface area contributed by atoms with Crippen LogP contribution in [0.3, 0.4) is 0 Å². The zero-order valence-electron chi connectivity index (χ0n) is 19.8. The van der Waals surface area contributed by atoms with Gasteiger partial charge in [0.25, 0.3) is 0 Å². The lowest BCUT2D eigenvalue weighted by Crippen LogP contribution is -2.40. The molecule has 1 aliphatic rings. The SMILES string of the molecule is CC[C@H]1CCCCN1CCCNc1nnc2c3ccccc3n(Cc3ccc(C)cc3)c2n1. The third kappa shape index (κ3) is 4.71. The fraction of sp³-hybridized carbons (Fsp3) is 0.444. The Labute approximate surface area is 196 Å². The molecule has 0 saturated carbocycles. The van der Waals surface area contributed by atoms with Gasteiger partial charge in [-0.2, -0.15) is 4.98 Å². The van der Waals surface area contributed by atoms with Crippen LogP contribution in [0, 0.1) is 6.92 Å². The first-order valence-electron chi connectivity index (χ1n) is 12.4. The van der Waals surface area contributed by atoms with E-state index in [9.17, 15) is 0 Å². The van der Waals surface area contributed by atoms with E-state index < -0.39 is 0 Å². The van der Waals surface area contributed by atoms with Crippen LogP contribution in [-0.2, 0) is 6.54 Å². The first-order valence-corrected chi connectivity index (χ1v) is 12.4. The Kier molecular flexibility index (Phi) is 6.53. The summed E-state index contributed by atoms with van der Waals surface area (Å²) in [5, 5.41) is 13.5. The van der Waals surface area contributed by atoms with E-state index in [1.165, 1.54) is 43.4 Å². The molecule has 6 heteroatoms. The third-order valence-electron chi connectivity index (χ3n) is 6.96. The average Bonchev–Trinajstić information content (AvgIpc) is 3.16. The maximum Gasteiger partial charge on any atom is 0.244 e. The van der Waals surface area contributed by atoms with Crippen LogP contribution in [0.4, 0.5) is 5.95 Å². The minimum absolute atomic E-state index is 0.612. The van der Waals surface area contributed by atoms with Gasteiger partial charge in [-0.15, -0.1) is 10.2 Å². The number of likely N-dealkylation sites (tertiary alicyclic amines) is 1. The molecule has 2 aromatic heterocycles. The van der Waals surface area contributed by atoms with Gasteiger partial charge in [-0.1, -0.05) is 61.4 Å². The molecule has 33 heavy (non-hydrogen) atoms. The number of nitrogens with one attached hydrogen (secondary N) is 1. The Bertz CT molecular complexity index is 1210. The number of rotatable bonds is 8. The van der Waals surface area contributed by atoms with Crippen LogP contribution in [0.2, 0.25) is 0 Å². The molecule has 3 heterocycles. The molecule has 1 fully saturated rings. The maximum absolute atomic E-state index is 4.91. The van der Waals surface area contributed by atoms with Crippen LogP contribution in [-0.4, -0.2) is 50.3 Å². The lowest BCUT2D eigenvalue weighted by Gasteiger charge is -2.35. The van der Waals surface area contributed by atoms with Gasteiger partial charge in [-0.25, -0.2) is 0 Å². The molecule has 0 radical (unpaired) electrons. The largest absolute Gasteiger partial charge is 0.353 e. The predicted octanol–water partition coefficient (Wildman–Crippen LogP) is 5.40. The summed E-state index contributed by atoms with van der Waals surface area (Å²) in [5.41, 5.74) is 5.41. The van der Waals surface area contributed by atoms with Gasteiger partial charge in [0.05, 0.1) is 5.52 Å². The van der Waals surface area contributed by atoms with Gasteiger partial charge in [0.1, 0.15) is 5.52 Å². The van der Waals surface area contributed by atoms with Crippen molar-refractivity contribution in [3.05, 3.63) is 59.7 Å². The summed E-state index contributed by atoms with van der Waals surface area (Å²) in [7, 11) is 0. The molecule has 6 nitrogen and oxygen atoms in total. The normalized spacial score (nSPS) is 17.1. The van der Waals surface area contributed by atoms with E-state index in [2.05, 4.69) is 87.4 Å². The van der Waals surface area contributed by atoms with Gasteiger partial charge in [0.2, 0.25) is 5.95 Å². The predicted molar refractivity (Wildman–Crippen MR) is 136 cm³/mol. The molecule has 1 atom stereocenters. The van der Waals surface area contributed by atoms with Crippen LogP contribution in [0.15, 0.2) is 48.5 Å². The van der Waals surface area contributed by atoms with E-state index in [0.29, 0.717) is 5.95 Å². The summed E-state index contributed by atoms with van der Waals surface area (Å²) in [6.45, 7) is 8.42. The van der Waals surface area contributed by atoms with Crippen molar-refractivity contribution in [2.24, 2.45) is 0 Å². The fourth-order valence-electron chi connectivity index (χ4n) is 5.11. The van der Waals surface area contributed by atoms with Gasteiger partial charge in [0.15, 0.2) is 5.65 Å². The quantitative estimate of drug-likeness (QED) is 0.370. The Morgan fingerprint density at radius 1 is 1.03 bits per heavy atom. The number of anilines is 1. The molecule has 1 N–H and O–H groups in total. The number of hydrogen-bond acceptors (Lipinski definition) is 5. The summed E-state index contributed by atoms with van der Waals surface area (Å²) < 4.78 is 2.26. The summed E-state index contributed by atoms with van der Waals surface area (Å²) in [4.78, 5) is 7.57. The lowest BCUT2D eigenvalue weighted by atomic mass is 10.00. The van der Waals surface area contributed by atoms with Crippen LogP contribution in [0.5, 0.6) is 0 Å². The number of piperidine rings is 1. The number of hydrogen-bond donors (Lipinski definition) is 1. The van der Waals surface area contributed by atoms with Gasteiger partial charge in [-0.3, -0.25) is 0 Å². The van der Waals surface area contributed by atoms with Crippen LogP contribution in [0.25, 0.3) is 22.1 Å². The molecule has 5 rings (SSSR count). The average molecular weight is 443 g/mol. The summed E-state index contributed by atoms with van der Waals surface area (Å²) in [6.07, 6.45) is 6.40. The highest BCUT2D eigenvalue weighted by Crippen LogP contribution is 2.27.